The van der Waals surface area contributed by atoms with Crippen LogP contribution in [-0.2, 0) is 6.54 Å². The summed E-state index contributed by atoms with van der Waals surface area (Å²) in [7, 11) is 0. The van der Waals surface area contributed by atoms with E-state index in [4.69, 9.17) is 0 Å². The lowest BCUT2D eigenvalue weighted by Gasteiger charge is -2.07. The van der Waals surface area contributed by atoms with Gasteiger partial charge < -0.3 is 5.32 Å². The van der Waals surface area contributed by atoms with Gasteiger partial charge in [-0.3, -0.25) is 0 Å². The van der Waals surface area contributed by atoms with Gasteiger partial charge in [-0.1, -0.05) is 18.2 Å². The van der Waals surface area contributed by atoms with Crippen LogP contribution in [0, 0.1) is 18.6 Å². The van der Waals surface area contributed by atoms with Crippen LogP contribution in [0.4, 0.5) is 14.5 Å². The minimum Gasteiger partial charge on any atom is -0.381 e. The third kappa shape index (κ3) is 3.03. The molecule has 0 spiro atoms. The molecule has 0 aliphatic carbocycles. The summed E-state index contributed by atoms with van der Waals surface area (Å²) in [4.78, 5) is 0. The van der Waals surface area contributed by atoms with Gasteiger partial charge in [0.15, 0.2) is 0 Å². The second kappa shape index (κ2) is 4.95. The van der Waals surface area contributed by atoms with Gasteiger partial charge in [-0.05, 0) is 42.3 Å². The summed E-state index contributed by atoms with van der Waals surface area (Å²) in [5.41, 5.74) is 2.29. The van der Waals surface area contributed by atoms with Crippen LogP contribution in [0.15, 0.2) is 42.5 Å². The van der Waals surface area contributed by atoms with Gasteiger partial charge in [0.1, 0.15) is 11.6 Å². The fourth-order valence-electron chi connectivity index (χ4n) is 1.51. The fourth-order valence-corrected chi connectivity index (χ4v) is 1.51. The molecule has 1 nitrogen and oxygen atoms in total. The maximum Gasteiger partial charge on any atom is 0.128 e. The lowest BCUT2D eigenvalue weighted by Crippen LogP contribution is -2.00. The van der Waals surface area contributed by atoms with Gasteiger partial charge in [0.25, 0.3) is 0 Å². The zero-order valence-corrected chi connectivity index (χ0v) is 9.50. The Labute approximate surface area is 99.1 Å². The molecule has 0 amide bonds. The van der Waals surface area contributed by atoms with E-state index in [2.05, 4.69) is 5.32 Å². The van der Waals surface area contributed by atoms with Crippen molar-refractivity contribution in [3.05, 3.63) is 65.2 Å². The molecule has 0 saturated heterocycles. The zero-order chi connectivity index (χ0) is 12.3. The molecule has 0 saturated carbocycles. The molecule has 0 atom stereocenters. The number of hydrogen-bond acceptors (Lipinski definition) is 1. The molecule has 0 aliphatic rings. The first kappa shape index (κ1) is 11.6. The molecule has 2 rings (SSSR count). The van der Waals surface area contributed by atoms with Crippen molar-refractivity contribution in [1.29, 1.82) is 0 Å². The molecular formula is C14H13F2N. The molecule has 2 aromatic carbocycles. The maximum absolute atomic E-state index is 13.3. The van der Waals surface area contributed by atoms with Gasteiger partial charge in [-0.25, -0.2) is 8.78 Å². The Hall–Kier alpha value is -1.90. The summed E-state index contributed by atoms with van der Waals surface area (Å²) in [6, 6.07) is 11.2. The Morgan fingerprint density at radius 3 is 2.35 bits per heavy atom. The van der Waals surface area contributed by atoms with Crippen LogP contribution < -0.4 is 5.32 Å². The minimum atomic E-state index is -0.255. The Kier molecular flexibility index (Phi) is 3.38. The van der Waals surface area contributed by atoms with Gasteiger partial charge in [-0.2, -0.15) is 0 Å². The first-order chi connectivity index (χ1) is 8.15. The summed E-state index contributed by atoms with van der Waals surface area (Å²) < 4.78 is 25.9. The smallest absolute Gasteiger partial charge is 0.128 e. The molecule has 2 aromatic rings. The summed E-state index contributed by atoms with van der Waals surface area (Å²) in [6.07, 6.45) is 0. The molecule has 0 unspecified atom stereocenters. The highest BCUT2D eigenvalue weighted by atomic mass is 19.1. The zero-order valence-electron chi connectivity index (χ0n) is 9.50. The number of benzene rings is 2. The molecule has 0 heterocycles. The number of anilines is 1. The molecule has 0 radical (unpaired) electrons. The second-order valence-electron chi connectivity index (χ2n) is 3.94. The topological polar surface area (TPSA) is 12.0 Å². The molecule has 3 heteroatoms. The molecule has 1 N–H and O–H groups in total. The number of aryl methyl sites for hydroxylation is 1. The van der Waals surface area contributed by atoms with Crippen LogP contribution in [0.25, 0.3) is 0 Å². The van der Waals surface area contributed by atoms with E-state index in [0.29, 0.717) is 12.1 Å². The highest BCUT2D eigenvalue weighted by Gasteiger charge is 1.99. The molecule has 17 heavy (non-hydrogen) atoms. The van der Waals surface area contributed by atoms with Gasteiger partial charge in [0, 0.05) is 12.2 Å². The first-order valence-electron chi connectivity index (χ1n) is 5.39. The van der Waals surface area contributed by atoms with E-state index in [1.54, 1.807) is 25.1 Å². The maximum atomic E-state index is 13.3. The van der Waals surface area contributed by atoms with Crippen LogP contribution in [0.3, 0.4) is 0 Å². The summed E-state index contributed by atoms with van der Waals surface area (Å²) in [6.45, 7) is 2.27. The van der Waals surface area contributed by atoms with E-state index in [9.17, 15) is 8.78 Å². The average Bonchev–Trinajstić information content (AvgIpc) is 2.33. The number of hydrogen-bond donors (Lipinski definition) is 1. The fraction of sp³-hybridized carbons (Fsp3) is 0.143. The third-order valence-electron chi connectivity index (χ3n) is 2.58. The van der Waals surface area contributed by atoms with Crippen LogP contribution in [0.1, 0.15) is 11.1 Å². The summed E-state index contributed by atoms with van der Waals surface area (Å²) in [5.74, 6) is -0.482. The van der Waals surface area contributed by atoms with Crippen molar-refractivity contribution >= 4 is 5.69 Å². The van der Waals surface area contributed by atoms with Crippen molar-refractivity contribution in [2.75, 3.05) is 5.32 Å². The van der Waals surface area contributed by atoms with Crippen LogP contribution in [0.2, 0.25) is 0 Å². The third-order valence-corrected chi connectivity index (χ3v) is 2.58. The Balaban J connectivity index is 2.02. The lowest BCUT2D eigenvalue weighted by atomic mass is 10.2. The van der Waals surface area contributed by atoms with Crippen LogP contribution in [0.5, 0.6) is 0 Å². The van der Waals surface area contributed by atoms with E-state index in [1.165, 1.54) is 18.2 Å². The Bertz CT molecular complexity index is 506. The quantitative estimate of drug-likeness (QED) is 0.848. The van der Waals surface area contributed by atoms with Gasteiger partial charge in [-0.15, -0.1) is 0 Å². The summed E-state index contributed by atoms with van der Waals surface area (Å²) >= 11 is 0. The van der Waals surface area contributed by atoms with E-state index in [0.717, 1.165) is 11.3 Å². The summed E-state index contributed by atoms with van der Waals surface area (Å²) in [5, 5.41) is 3.09. The number of rotatable bonds is 3. The van der Waals surface area contributed by atoms with E-state index >= 15 is 0 Å². The van der Waals surface area contributed by atoms with Crippen molar-refractivity contribution in [2.45, 2.75) is 13.5 Å². The Morgan fingerprint density at radius 1 is 1.00 bits per heavy atom. The average molecular weight is 233 g/mol. The molecular weight excluding hydrogens is 220 g/mol. The molecule has 88 valence electrons. The van der Waals surface area contributed by atoms with Gasteiger partial charge in [0.05, 0.1) is 0 Å². The Morgan fingerprint density at radius 2 is 1.71 bits per heavy atom. The largest absolute Gasteiger partial charge is 0.381 e. The number of nitrogens with one attached hydrogen (secondary N) is 1. The predicted octanol–water partition coefficient (Wildman–Crippen LogP) is 3.89. The standard InChI is InChI=1S/C14H13F2N/c1-10-2-7-13(8-14(10)16)17-9-11-3-5-12(15)6-4-11/h2-8,17H,9H2,1H3. The molecule has 0 aliphatic heterocycles. The number of halogens is 2. The van der Waals surface area contributed by atoms with Crippen molar-refractivity contribution in [3.63, 3.8) is 0 Å². The monoisotopic (exact) mass is 233 g/mol. The lowest BCUT2D eigenvalue weighted by molar-refractivity contribution is 0.619. The molecule has 0 bridgehead atoms. The SMILES string of the molecule is Cc1ccc(NCc2ccc(F)cc2)cc1F. The highest BCUT2D eigenvalue weighted by Crippen LogP contribution is 2.14. The van der Waals surface area contributed by atoms with Gasteiger partial charge >= 0.3 is 0 Å². The van der Waals surface area contributed by atoms with Crippen molar-refractivity contribution in [1.82, 2.24) is 0 Å². The normalized spacial score (nSPS) is 10.3. The highest BCUT2D eigenvalue weighted by molar-refractivity contribution is 5.45. The van der Waals surface area contributed by atoms with E-state index in [-0.39, 0.29) is 11.6 Å². The molecule has 0 fully saturated rings. The van der Waals surface area contributed by atoms with E-state index < -0.39 is 0 Å². The minimum absolute atomic E-state index is 0.228. The van der Waals surface area contributed by atoms with Crippen molar-refractivity contribution < 1.29 is 8.78 Å². The second-order valence-corrected chi connectivity index (χ2v) is 3.94. The van der Waals surface area contributed by atoms with Crippen LogP contribution >= 0.6 is 0 Å². The van der Waals surface area contributed by atoms with Crippen LogP contribution in [-0.4, -0.2) is 0 Å². The van der Waals surface area contributed by atoms with Gasteiger partial charge in [0.2, 0.25) is 0 Å². The van der Waals surface area contributed by atoms with Crippen molar-refractivity contribution in [3.8, 4) is 0 Å². The first-order valence-corrected chi connectivity index (χ1v) is 5.39. The van der Waals surface area contributed by atoms with E-state index in [1.807, 2.05) is 6.07 Å². The predicted molar refractivity (Wildman–Crippen MR) is 64.9 cm³/mol. The van der Waals surface area contributed by atoms with Crippen molar-refractivity contribution in [2.24, 2.45) is 0 Å². The molecule has 0 aromatic heterocycles.